The van der Waals surface area contributed by atoms with Gasteiger partial charge in [0.05, 0.1) is 24.8 Å². The molecule has 0 bridgehead atoms. The van der Waals surface area contributed by atoms with Gasteiger partial charge in [0.25, 0.3) is 0 Å². The average Bonchev–Trinajstić information content (AvgIpc) is 3.16. The Hall–Kier alpha value is -2.41. The lowest BCUT2D eigenvalue weighted by atomic mass is 9.91. The maximum atomic E-state index is 13.8. The quantitative estimate of drug-likeness (QED) is 0.309. The minimum Gasteiger partial charge on any atom is -0.454 e. The molecule has 1 heterocycles. The fourth-order valence-corrected chi connectivity index (χ4v) is 5.90. The van der Waals surface area contributed by atoms with E-state index in [1.54, 1.807) is 56.3 Å². The Bertz CT molecular complexity index is 880. The zero-order valence-electron chi connectivity index (χ0n) is 16.4. The molecule has 0 saturated carbocycles. The molecule has 0 radical (unpaired) electrons. The number of hydrogen-bond acceptors (Lipinski definition) is 7. The molecule has 0 unspecified atom stereocenters. The Kier molecular flexibility index (Phi) is 6.90. The molecular formula is C20H24NO7P. The summed E-state index contributed by atoms with van der Waals surface area (Å²) >= 11 is 0. The molecule has 156 valence electrons. The topological polar surface area (TPSA) is 97.1 Å². The molecule has 0 saturated heterocycles. The van der Waals surface area contributed by atoms with Gasteiger partial charge in [0.1, 0.15) is 0 Å². The summed E-state index contributed by atoms with van der Waals surface area (Å²) in [6.07, 6.45) is 0. The van der Waals surface area contributed by atoms with Crippen LogP contribution in [0.3, 0.4) is 0 Å². The number of hydrogen-bond donors (Lipinski definition) is 0. The van der Waals surface area contributed by atoms with Gasteiger partial charge in [0.15, 0.2) is 11.5 Å². The first kappa shape index (κ1) is 21.3. The van der Waals surface area contributed by atoms with E-state index in [0.717, 1.165) is 0 Å². The van der Waals surface area contributed by atoms with Crippen molar-refractivity contribution in [2.75, 3.05) is 26.6 Å². The van der Waals surface area contributed by atoms with E-state index in [9.17, 15) is 14.7 Å². The van der Waals surface area contributed by atoms with Gasteiger partial charge >= 0.3 is 7.60 Å². The minimum atomic E-state index is -3.73. The highest BCUT2D eigenvalue weighted by Crippen LogP contribution is 2.66. The molecule has 0 N–H and O–H groups in total. The normalized spacial score (nSPS) is 15.1. The van der Waals surface area contributed by atoms with Gasteiger partial charge in [-0.3, -0.25) is 14.7 Å². The number of benzene rings is 2. The van der Waals surface area contributed by atoms with Gasteiger partial charge in [-0.15, -0.1) is 0 Å². The predicted molar refractivity (Wildman–Crippen MR) is 107 cm³/mol. The van der Waals surface area contributed by atoms with Crippen LogP contribution in [0.5, 0.6) is 11.5 Å². The highest BCUT2D eigenvalue weighted by Gasteiger charge is 2.45. The minimum absolute atomic E-state index is 0.0944. The van der Waals surface area contributed by atoms with Crippen molar-refractivity contribution in [2.24, 2.45) is 0 Å². The summed E-state index contributed by atoms with van der Waals surface area (Å²) < 4.78 is 35.8. The van der Waals surface area contributed by atoms with Gasteiger partial charge in [-0.1, -0.05) is 36.4 Å². The van der Waals surface area contributed by atoms with Crippen molar-refractivity contribution in [2.45, 2.75) is 25.4 Å². The summed E-state index contributed by atoms with van der Waals surface area (Å²) in [4.78, 5) is 11.2. The Morgan fingerprint density at radius 3 is 2.31 bits per heavy atom. The first-order chi connectivity index (χ1) is 14.0. The monoisotopic (exact) mass is 421 g/mol. The van der Waals surface area contributed by atoms with Crippen LogP contribution in [-0.2, 0) is 13.6 Å². The van der Waals surface area contributed by atoms with E-state index in [1.807, 2.05) is 6.07 Å². The fraction of sp³-hybridized carbons (Fsp3) is 0.400. The standard InChI is InChI=1S/C20H24NO7P/c1-3-27-29(24,28-4-2)20(15-8-6-5-7-9-15)17(13-21(22)23)16-10-11-18-19(12-16)26-14-25-18/h5-12,17,20H,3-4,13-14H2,1-2H3/t17-,20-/m0/s1. The predicted octanol–water partition coefficient (Wildman–Crippen LogP) is 4.78. The SMILES string of the molecule is CCOP(=O)(OCC)[C@@H](c1ccccc1)[C@@H](C[N+](=O)[O-])c1ccc2c(c1)OCO2. The smallest absolute Gasteiger partial charge is 0.338 e. The third kappa shape index (κ3) is 4.78. The molecular weight excluding hydrogens is 397 g/mol. The van der Waals surface area contributed by atoms with E-state index < -0.39 is 30.6 Å². The van der Waals surface area contributed by atoms with E-state index in [1.165, 1.54) is 0 Å². The van der Waals surface area contributed by atoms with Crippen LogP contribution < -0.4 is 9.47 Å². The molecule has 1 aliphatic heterocycles. The molecule has 0 aliphatic carbocycles. The molecule has 8 nitrogen and oxygen atoms in total. The Labute approximate surface area is 169 Å². The van der Waals surface area contributed by atoms with E-state index in [0.29, 0.717) is 22.6 Å². The fourth-order valence-electron chi connectivity index (χ4n) is 3.54. The third-order valence-corrected chi connectivity index (χ3v) is 7.23. The molecule has 2 aromatic rings. The Balaban J connectivity index is 2.15. The van der Waals surface area contributed by atoms with Crippen molar-refractivity contribution in [3.63, 3.8) is 0 Å². The molecule has 0 aromatic heterocycles. The van der Waals surface area contributed by atoms with Crippen LogP contribution in [0.4, 0.5) is 0 Å². The van der Waals surface area contributed by atoms with Crippen LogP contribution in [0.25, 0.3) is 0 Å². The lowest BCUT2D eigenvalue weighted by Crippen LogP contribution is -2.22. The van der Waals surface area contributed by atoms with Gasteiger partial charge in [-0.2, -0.15) is 0 Å². The molecule has 3 rings (SSSR count). The zero-order valence-corrected chi connectivity index (χ0v) is 17.2. The van der Waals surface area contributed by atoms with Gasteiger partial charge in [-0.25, -0.2) is 0 Å². The summed E-state index contributed by atoms with van der Waals surface area (Å²) in [6.45, 7) is 3.41. The maximum Gasteiger partial charge on any atom is 0.338 e. The van der Waals surface area contributed by atoms with E-state index >= 15 is 0 Å². The van der Waals surface area contributed by atoms with Gasteiger partial charge in [0, 0.05) is 4.92 Å². The molecule has 2 aromatic carbocycles. The van der Waals surface area contributed by atoms with Crippen molar-refractivity contribution >= 4 is 7.60 Å². The molecule has 1 aliphatic rings. The van der Waals surface area contributed by atoms with Crippen LogP contribution in [-0.4, -0.2) is 31.5 Å². The van der Waals surface area contributed by atoms with Crippen LogP contribution in [0.1, 0.15) is 36.6 Å². The lowest BCUT2D eigenvalue weighted by molar-refractivity contribution is -0.483. The highest BCUT2D eigenvalue weighted by molar-refractivity contribution is 7.54. The summed E-state index contributed by atoms with van der Waals surface area (Å²) in [6, 6.07) is 14.1. The van der Waals surface area contributed by atoms with E-state index in [4.69, 9.17) is 18.5 Å². The Morgan fingerprint density at radius 1 is 1.03 bits per heavy atom. The van der Waals surface area contributed by atoms with Gasteiger partial charge in [0.2, 0.25) is 13.3 Å². The number of nitro groups is 1. The molecule has 9 heteroatoms. The second-order valence-electron chi connectivity index (χ2n) is 6.47. The number of nitrogens with zero attached hydrogens (tertiary/aromatic N) is 1. The second kappa shape index (κ2) is 9.39. The molecule has 0 fully saturated rings. The van der Waals surface area contributed by atoms with Crippen LogP contribution in [0, 0.1) is 10.1 Å². The van der Waals surface area contributed by atoms with Crippen LogP contribution in [0.2, 0.25) is 0 Å². The van der Waals surface area contributed by atoms with Gasteiger partial charge in [-0.05, 0) is 37.1 Å². The summed E-state index contributed by atoms with van der Waals surface area (Å²) in [5, 5.41) is 11.6. The number of ether oxygens (including phenoxy) is 2. The molecule has 2 atom stereocenters. The summed E-state index contributed by atoms with van der Waals surface area (Å²) in [7, 11) is -3.73. The molecule has 29 heavy (non-hydrogen) atoms. The van der Waals surface area contributed by atoms with Crippen molar-refractivity contribution in [1.29, 1.82) is 0 Å². The number of rotatable bonds is 10. The first-order valence-electron chi connectivity index (χ1n) is 9.43. The van der Waals surface area contributed by atoms with Crippen molar-refractivity contribution in [3.8, 4) is 11.5 Å². The second-order valence-corrected chi connectivity index (χ2v) is 8.62. The zero-order chi connectivity index (χ0) is 20.9. The van der Waals surface area contributed by atoms with Crippen molar-refractivity contribution in [3.05, 3.63) is 69.8 Å². The largest absolute Gasteiger partial charge is 0.454 e. The highest BCUT2D eigenvalue weighted by atomic mass is 31.2. The summed E-state index contributed by atoms with van der Waals surface area (Å²) in [5.74, 6) is 0.318. The maximum absolute atomic E-state index is 13.8. The van der Waals surface area contributed by atoms with Crippen molar-refractivity contribution < 1.29 is 28.0 Å². The third-order valence-electron chi connectivity index (χ3n) is 4.65. The average molecular weight is 421 g/mol. The first-order valence-corrected chi connectivity index (χ1v) is 11.0. The van der Waals surface area contributed by atoms with E-state index in [-0.39, 0.29) is 20.0 Å². The van der Waals surface area contributed by atoms with Crippen molar-refractivity contribution in [1.82, 2.24) is 0 Å². The van der Waals surface area contributed by atoms with Gasteiger partial charge < -0.3 is 18.5 Å². The van der Waals surface area contributed by atoms with Crippen LogP contribution in [0.15, 0.2) is 48.5 Å². The van der Waals surface area contributed by atoms with E-state index in [2.05, 4.69) is 0 Å². The van der Waals surface area contributed by atoms with Crippen LogP contribution >= 0.6 is 7.60 Å². The number of fused-ring (bicyclic) bond motifs is 1. The molecule has 0 amide bonds. The lowest BCUT2D eigenvalue weighted by Gasteiger charge is -2.31. The molecule has 0 spiro atoms. The summed E-state index contributed by atoms with van der Waals surface area (Å²) in [5.41, 5.74) is 0.413. The Morgan fingerprint density at radius 2 is 1.69 bits per heavy atom.